The first kappa shape index (κ1) is 16.8. The van der Waals surface area contributed by atoms with Crippen LogP contribution in [0, 0.1) is 6.92 Å². The Labute approximate surface area is 144 Å². The number of anilines is 1. The van der Waals surface area contributed by atoms with Crippen LogP contribution in [0.1, 0.15) is 11.1 Å². The quantitative estimate of drug-likeness (QED) is 0.780. The topological polar surface area (TPSA) is 78.2 Å². The Balaban J connectivity index is 2.15. The fourth-order valence-corrected chi connectivity index (χ4v) is 2.88. The Morgan fingerprint density at radius 1 is 1.16 bits per heavy atom. The summed E-state index contributed by atoms with van der Waals surface area (Å²) in [6.07, 6.45) is 1.66. The molecule has 0 spiro atoms. The zero-order valence-corrected chi connectivity index (χ0v) is 14.7. The number of nitrogens with zero attached hydrogens (tertiary/aromatic N) is 3. The van der Waals surface area contributed by atoms with Gasteiger partial charge in [0.05, 0.1) is 12.8 Å². The first-order chi connectivity index (χ1) is 12.0. The van der Waals surface area contributed by atoms with Crippen LogP contribution in [0.2, 0.25) is 0 Å². The number of pyridine rings is 1. The molecule has 0 aliphatic carbocycles. The second kappa shape index (κ2) is 6.43. The van der Waals surface area contributed by atoms with Gasteiger partial charge in [0.2, 0.25) is 0 Å². The highest BCUT2D eigenvalue weighted by Gasteiger charge is 2.15. The third-order valence-corrected chi connectivity index (χ3v) is 4.31. The average molecular weight is 340 g/mol. The molecule has 0 radical (unpaired) electrons. The minimum atomic E-state index is -0.399. The van der Waals surface area contributed by atoms with Gasteiger partial charge in [-0.05, 0) is 18.6 Å². The number of aryl methyl sites for hydroxylation is 2. The standard InChI is InChI=1S/C18H20N4O3/c1-11-9-20-16-14(17(23)22(3)18(24)21(16)2)15(11)19-10-12-7-5-6-8-13(12)25-4/h5-9H,10H2,1-4H3,(H,19,20). The van der Waals surface area contributed by atoms with Crippen LogP contribution >= 0.6 is 0 Å². The summed E-state index contributed by atoms with van der Waals surface area (Å²) in [4.78, 5) is 29.0. The number of ether oxygens (including phenoxy) is 1. The van der Waals surface area contributed by atoms with Gasteiger partial charge in [-0.1, -0.05) is 18.2 Å². The van der Waals surface area contributed by atoms with Crippen molar-refractivity contribution in [1.29, 1.82) is 0 Å². The van der Waals surface area contributed by atoms with Gasteiger partial charge in [-0.3, -0.25) is 13.9 Å². The van der Waals surface area contributed by atoms with Gasteiger partial charge in [-0.15, -0.1) is 0 Å². The third-order valence-electron chi connectivity index (χ3n) is 4.31. The second-order valence-corrected chi connectivity index (χ2v) is 5.89. The third kappa shape index (κ3) is 2.77. The molecule has 0 amide bonds. The Kier molecular flexibility index (Phi) is 4.31. The van der Waals surface area contributed by atoms with E-state index in [0.29, 0.717) is 23.3 Å². The molecule has 0 unspecified atom stereocenters. The van der Waals surface area contributed by atoms with Gasteiger partial charge in [-0.2, -0.15) is 0 Å². The highest BCUT2D eigenvalue weighted by atomic mass is 16.5. The lowest BCUT2D eigenvalue weighted by molar-refractivity contribution is 0.410. The molecule has 7 heteroatoms. The van der Waals surface area contributed by atoms with Crippen LogP contribution in [0.15, 0.2) is 40.1 Å². The molecule has 0 fully saturated rings. The molecule has 0 saturated carbocycles. The summed E-state index contributed by atoms with van der Waals surface area (Å²) in [5, 5.41) is 3.72. The molecule has 1 N–H and O–H groups in total. The second-order valence-electron chi connectivity index (χ2n) is 5.89. The molecule has 3 aromatic rings. The van der Waals surface area contributed by atoms with E-state index in [1.165, 1.54) is 11.6 Å². The van der Waals surface area contributed by atoms with E-state index in [2.05, 4.69) is 10.3 Å². The summed E-state index contributed by atoms with van der Waals surface area (Å²) in [6.45, 7) is 2.36. The summed E-state index contributed by atoms with van der Waals surface area (Å²) in [7, 11) is 4.70. The minimum absolute atomic E-state index is 0.362. The molecule has 7 nitrogen and oxygen atoms in total. The molecular formula is C18H20N4O3. The molecule has 2 heterocycles. The predicted molar refractivity (Wildman–Crippen MR) is 97.3 cm³/mol. The van der Waals surface area contributed by atoms with Crippen LogP contribution in [0.4, 0.5) is 5.69 Å². The number of para-hydroxylation sites is 1. The molecule has 3 rings (SSSR count). The van der Waals surface area contributed by atoms with Crippen molar-refractivity contribution in [3.8, 4) is 5.75 Å². The number of fused-ring (bicyclic) bond motifs is 1. The lowest BCUT2D eigenvalue weighted by Gasteiger charge is -2.15. The maximum absolute atomic E-state index is 12.7. The van der Waals surface area contributed by atoms with Crippen molar-refractivity contribution in [2.24, 2.45) is 14.1 Å². The van der Waals surface area contributed by atoms with Crippen molar-refractivity contribution in [1.82, 2.24) is 14.1 Å². The Bertz CT molecular complexity index is 1070. The Morgan fingerprint density at radius 3 is 2.60 bits per heavy atom. The first-order valence-electron chi connectivity index (χ1n) is 7.86. The van der Waals surface area contributed by atoms with E-state index < -0.39 is 5.69 Å². The number of hydrogen-bond acceptors (Lipinski definition) is 5. The number of benzene rings is 1. The predicted octanol–water partition coefficient (Wildman–Crippen LogP) is 1.56. The van der Waals surface area contributed by atoms with Gasteiger partial charge < -0.3 is 10.1 Å². The fraction of sp³-hybridized carbons (Fsp3) is 0.278. The van der Waals surface area contributed by atoms with Crippen molar-refractivity contribution in [2.75, 3.05) is 12.4 Å². The number of nitrogens with one attached hydrogen (secondary N) is 1. The van der Waals surface area contributed by atoms with Gasteiger partial charge >= 0.3 is 5.69 Å². The average Bonchev–Trinajstić information content (AvgIpc) is 2.63. The zero-order chi connectivity index (χ0) is 18.1. The molecule has 0 atom stereocenters. The van der Waals surface area contributed by atoms with Crippen LogP contribution in [-0.2, 0) is 20.6 Å². The minimum Gasteiger partial charge on any atom is -0.496 e. The van der Waals surface area contributed by atoms with Gasteiger partial charge in [0.15, 0.2) is 5.65 Å². The van der Waals surface area contributed by atoms with E-state index in [1.807, 2.05) is 31.2 Å². The van der Waals surface area contributed by atoms with Crippen molar-refractivity contribution in [2.45, 2.75) is 13.5 Å². The molecule has 0 bridgehead atoms. The van der Waals surface area contributed by atoms with Gasteiger partial charge in [-0.25, -0.2) is 9.78 Å². The van der Waals surface area contributed by atoms with E-state index in [1.54, 1.807) is 20.4 Å². The molecular weight excluding hydrogens is 320 g/mol. The highest BCUT2D eigenvalue weighted by molar-refractivity contribution is 5.90. The van der Waals surface area contributed by atoms with Crippen LogP contribution in [0.25, 0.3) is 11.0 Å². The smallest absolute Gasteiger partial charge is 0.332 e. The number of hydrogen-bond donors (Lipinski definition) is 1. The SMILES string of the molecule is COc1ccccc1CNc1c(C)cnc2c1c(=O)n(C)c(=O)n2C. The largest absolute Gasteiger partial charge is 0.496 e. The summed E-state index contributed by atoms with van der Waals surface area (Å²) >= 11 is 0. The summed E-state index contributed by atoms with van der Waals surface area (Å²) in [6, 6.07) is 7.68. The maximum atomic E-state index is 12.7. The lowest BCUT2D eigenvalue weighted by Crippen LogP contribution is -2.37. The molecule has 0 saturated heterocycles. The zero-order valence-electron chi connectivity index (χ0n) is 14.7. The monoisotopic (exact) mass is 340 g/mol. The summed E-state index contributed by atoms with van der Waals surface area (Å²) in [5.74, 6) is 0.770. The molecule has 1 aromatic carbocycles. The van der Waals surface area contributed by atoms with E-state index in [0.717, 1.165) is 21.4 Å². The van der Waals surface area contributed by atoms with Gasteiger partial charge in [0.25, 0.3) is 5.56 Å². The molecule has 0 aliphatic rings. The van der Waals surface area contributed by atoms with Crippen molar-refractivity contribution in [3.05, 3.63) is 62.4 Å². The number of aromatic nitrogens is 3. The van der Waals surface area contributed by atoms with Crippen molar-refractivity contribution >= 4 is 16.7 Å². The van der Waals surface area contributed by atoms with Crippen LogP contribution < -0.4 is 21.3 Å². The number of methoxy groups -OCH3 is 1. The maximum Gasteiger partial charge on any atom is 0.332 e. The Morgan fingerprint density at radius 2 is 1.88 bits per heavy atom. The van der Waals surface area contributed by atoms with Crippen LogP contribution in [0.3, 0.4) is 0 Å². The fourth-order valence-electron chi connectivity index (χ4n) is 2.88. The Hall–Kier alpha value is -3.09. The number of rotatable bonds is 4. The van der Waals surface area contributed by atoms with E-state index >= 15 is 0 Å². The molecule has 2 aromatic heterocycles. The van der Waals surface area contributed by atoms with Gasteiger partial charge in [0.1, 0.15) is 11.1 Å². The van der Waals surface area contributed by atoms with Crippen LogP contribution in [0.5, 0.6) is 5.75 Å². The summed E-state index contributed by atoms with van der Waals surface area (Å²) < 4.78 is 7.84. The normalized spacial score (nSPS) is 10.9. The summed E-state index contributed by atoms with van der Waals surface area (Å²) in [5.41, 5.74) is 2.07. The lowest BCUT2D eigenvalue weighted by atomic mass is 10.1. The van der Waals surface area contributed by atoms with Crippen molar-refractivity contribution in [3.63, 3.8) is 0 Å². The first-order valence-corrected chi connectivity index (χ1v) is 7.86. The molecule has 130 valence electrons. The van der Waals surface area contributed by atoms with E-state index in [4.69, 9.17) is 4.74 Å². The van der Waals surface area contributed by atoms with E-state index in [-0.39, 0.29) is 5.56 Å². The van der Waals surface area contributed by atoms with E-state index in [9.17, 15) is 9.59 Å². The van der Waals surface area contributed by atoms with Crippen molar-refractivity contribution < 1.29 is 4.74 Å². The van der Waals surface area contributed by atoms with Gasteiger partial charge in [0, 0.05) is 32.4 Å². The molecule has 0 aliphatic heterocycles. The molecule has 25 heavy (non-hydrogen) atoms. The van der Waals surface area contributed by atoms with Crippen LogP contribution in [-0.4, -0.2) is 21.2 Å². The highest BCUT2D eigenvalue weighted by Crippen LogP contribution is 2.24.